The first-order valence-corrected chi connectivity index (χ1v) is 7.90. The number of ether oxygens (including phenoxy) is 2. The third-order valence-electron chi connectivity index (χ3n) is 2.99. The standard InChI is InChI=1S/C15H13ClF3NO3S/c1-22-11(12-6-7-13(16)24-12)8-20-14(21)9-2-4-10(5-3-9)23-15(17,18)19/h2-7,11H,8H2,1H3,(H,20,21)/t11-/m1/s1. The van der Waals surface area contributed by atoms with Gasteiger partial charge in [-0.3, -0.25) is 4.79 Å². The molecular formula is C15H13ClF3NO3S. The van der Waals surface area contributed by atoms with E-state index < -0.39 is 12.3 Å². The zero-order chi connectivity index (χ0) is 17.7. The fourth-order valence-electron chi connectivity index (χ4n) is 1.90. The first kappa shape index (κ1) is 18.6. The molecule has 1 aromatic heterocycles. The van der Waals surface area contributed by atoms with Crippen molar-refractivity contribution in [3.63, 3.8) is 0 Å². The highest BCUT2D eigenvalue weighted by Crippen LogP contribution is 2.28. The van der Waals surface area contributed by atoms with E-state index >= 15 is 0 Å². The van der Waals surface area contributed by atoms with Gasteiger partial charge in [0, 0.05) is 24.1 Å². The van der Waals surface area contributed by atoms with Crippen molar-refractivity contribution in [1.82, 2.24) is 5.32 Å². The summed E-state index contributed by atoms with van der Waals surface area (Å²) >= 11 is 7.21. The van der Waals surface area contributed by atoms with Crippen LogP contribution in [0.15, 0.2) is 36.4 Å². The van der Waals surface area contributed by atoms with Crippen molar-refractivity contribution in [3.8, 4) is 5.75 Å². The molecule has 2 rings (SSSR count). The first-order chi connectivity index (χ1) is 11.3. The number of hydrogen-bond donors (Lipinski definition) is 1. The van der Waals surface area contributed by atoms with Crippen LogP contribution in [0.5, 0.6) is 5.75 Å². The van der Waals surface area contributed by atoms with E-state index in [1.165, 1.54) is 30.6 Å². The van der Waals surface area contributed by atoms with Gasteiger partial charge in [0.1, 0.15) is 11.9 Å². The molecule has 24 heavy (non-hydrogen) atoms. The maximum Gasteiger partial charge on any atom is 0.573 e. The van der Waals surface area contributed by atoms with Gasteiger partial charge in [0.25, 0.3) is 5.91 Å². The molecule has 1 amide bonds. The van der Waals surface area contributed by atoms with Crippen molar-refractivity contribution in [3.05, 3.63) is 51.2 Å². The second-order valence-corrected chi connectivity index (χ2v) is 6.40. The number of methoxy groups -OCH3 is 1. The van der Waals surface area contributed by atoms with Crippen LogP contribution in [0.2, 0.25) is 4.34 Å². The minimum absolute atomic E-state index is 0.201. The SMILES string of the molecule is CO[C@H](CNC(=O)c1ccc(OC(F)(F)F)cc1)c1ccc(Cl)s1. The zero-order valence-corrected chi connectivity index (χ0v) is 14.0. The Morgan fingerprint density at radius 2 is 1.92 bits per heavy atom. The molecule has 0 unspecified atom stereocenters. The molecule has 0 bridgehead atoms. The number of benzene rings is 1. The highest BCUT2D eigenvalue weighted by molar-refractivity contribution is 7.16. The Morgan fingerprint density at radius 1 is 1.25 bits per heavy atom. The van der Waals surface area contributed by atoms with E-state index in [2.05, 4.69) is 10.1 Å². The summed E-state index contributed by atoms with van der Waals surface area (Å²) < 4.78 is 45.9. The number of hydrogen-bond acceptors (Lipinski definition) is 4. The third-order valence-corrected chi connectivity index (χ3v) is 4.32. The highest BCUT2D eigenvalue weighted by Gasteiger charge is 2.31. The van der Waals surface area contributed by atoms with Crippen LogP contribution < -0.4 is 10.1 Å². The Bertz CT molecular complexity index is 688. The second-order valence-electron chi connectivity index (χ2n) is 4.65. The van der Waals surface area contributed by atoms with E-state index in [4.69, 9.17) is 16.3 Å². The van der Waals surface area contributed by atoms with Gasteiger partial charge in [0.05, 0.1) is 4.34 Å². The number of halogens is 4. The highest BCUT2D eigenvalue weighted by atomic mass is 35.5. The predicted octanol–water partition coefficient (Wildman–Crippen LogP) is 4.42. The number of thiophene rings is 1. The molecule has 1 heterocycles. The largest absolute Gasteiger partial charge is 0.573 e. The zero-order valence-electron chi connectivity index (χ0n) is 12.4. The Morgan fingerprint density at radius 3 is 2.42 bits per heavy atom. The fraction of sp³-hybridized carbons (Fsp3) is 0.267. The number of amides is 1. The van der Waals surface area contributed by atoms with Crippen LogP contribution >= 0.6 is 22.9 Å². The minimum atomic E-state index is -4.77. The van der Waals surface area contributed by atoms with Crippen LogP contribution in [0.3, 0.4) is 0 Å². The molecule has 9 heteroatoms. The van der Waals surface area contributed by atoms with E-state index in [-0.39, 0.29) is 24.0 Å². The van der Waals surface area contributed by atoms with Crippen LogP contribution in [-0.2, 0) is 4.74 Å². The van der Waals surface area contributed by atoms with Gasteiger partial charge >= 0.3 is 6.36 Å². The molecule has 130 valence electrons. The van der Waals surface area contributed by atoms with Crippen LogP contribution in [-0.4, -0.2) is 25.9 Å². The quantitative estimate of drug-likeness (QED) is 0.808. The van der Waals surface area contributed by atoms with Crippen molar-refractivity contribution < 1.29 is 27.4 Å². The molecule has 0 aliphatic rings. The summed E-state index contributed by atoms with van der Waals surface area (Å²) in [5, 5.41) is 2.66. The Balaban J connectivity index is 1.94. The molecule has 0 aliphatic heterocycles. The summed E-state index contributed by atoms with van der Waals surface area (Å²) in [5.41, 5.74) is 0.212. The number of nitrogens with one attached hydrogen (secondary N) is 1. The molecule has 0 saturated heterocycles. The number of alkyl halides is 3. The molecule has 0 fully saturated rings. The van der Waals surface area contributed by atoms with Gasteiger partial charge in [-0.2, -0.15) is 0 Å². The van der Waals surface area contributed by atoms with Crippen LogP contribution in [0.25, 0.3) is 0 Å². The average molecular weight is 380 g/mol. The van der Waals surface area contributed by atoms with E-state index in [1.54, 1.807) is 12.1 Å². The Labute approximate surface area is 145 Å². The second kappa shape index (κ2) is 7.87. The maximum absolute atomic E-state index is 12.1. The summed E-state index contributed by atoms with van der Waals surface area (Å²) in [7, 11) is 1.51. The Hall–Kier alpha value is -1.77. The van der Waals surface area contributed by atoms with Crippen molar-refractivity contribution in [2.75, 3.05) is 13.7 Å². The topological polar surface area (TPSA) is 47.6 Å². The summed E-state index contributed by atoms with van der Waals surface area (Å²) in [6.07, 6.45) is -5.13. The summed E-state index contributed by atoms with van der Waals surface area (Å²) in [6.45, 7) is 0.201. The van der Waals surface area contributed by atoms with Crippen molar-refractivity contribution in [2.24, 2.45) is 0 Å². The smallest absolute Gasteiger partial charge is 0.406 e. The lowest BCUT2D eigenvalue weighted by atomic mass is 10.2. The molecule has 2 aromatic rings. The van der Waals surface area contributed by atoms with Crippen LogP contribution in [0, 0.1) is 0 Å². The molecule has 0 saturated carbocycles. The van der Waals surface area contributed by atoms with Gasteiger partial charge in [-0.25, -0.2) is 0 Å². The summed E-state index contributed by atoms with van der Waals surface area (Å²) in [4.78, 5) is 12.9. The monoisotopic (exact) mass is 379 g/mol. The van der Waals surface area contributed by atoms with Gasteiger partial charge in [0.15, 0.2) is 0 Å². The van der Waals surface area contributed by atoms with E-state index in [0.29, 0.717) is 4.34 Å². The molecule has 0 aliphatic carbocycles. The lowest BCUT2D eigenvalue weighted by Crippen LogP contribution is -2.28. The summed E-state index contributed by atoms with van der Waals surface area (Å²) in [5.74, 6) is -0.819. The molecule has 1 atom stereocenters. The minimum Gasteiger partial charge on any atom is -0.406 e. The molecule has 0 radical (unpaired) electrons. The summed E-state index contributed by atoms with van der Waals surface area (Å²) in [6, 6.07) is 8.19. The molecule has 4 nitrogen and oxygen atoms in total. The van der Waals surface area contributed by atoms with Crippen LogP contribution in [0.1, 0.15) is 21.3 Å². The predicted molar refractivity (Wildman–Crippen MR) is 84.5 cm³/mol. The van der Waals surface area contributed by atoms with E-state index in [1.807, 2.05) is 0 Å². The lowest BCUT2D eigenvalue weighted by molar-refractivity contribution is -0.274. The molecule has 0 spiro atoms. The van der Waals surface area contributed by atoms with Gasteiger partial charge in [-0.15, -0.1) is 24.5 Å². The number of carbonyl (C=O) groups is 1. The normalized spacial score (nSPS) is 12.7. The van der Waals surface area contributed by atoms with Gasteiger partial charge in [-0.05, 0) is 36.4 Å². The average Bonchev–Trinajstić information content (AvgIpc) is 2.93. The van der Waals surface area contributed by atoms with Crippen molar-refractivity contribution in [2.45, 2.75) is 12.5 Å². The number of carbonyl (C=O) groups excluding carboxylic acids is 1. The van der Waals surface area contributed by atoms with Crippen molar-refractivity contribution in [1.29, 1.82) is 0 Å². The molecule has 1 N–H and O–H groups in total. The molecular weight excluding hydrogens is 367 g/mol. The van der Waals surface area contributed by atoms with Crippen LogP contribution in [0.4, 0.5) is 13.2 Å². The maximum atomic E-state index is 12.1. The van der Waals surface area contributed by atoms with Gasteiger partial charge < -0.3 is 14.8 Å². The van der Waals surface area contributed by atoms with E-state index in [0.717, 1.165) is 17.0 Å². The van der Waals surface area contributed by atoms with Gasteiger partial charge in [0.2, 0.25) is 0 Å². The lowest BCUT2D eigenvalue weighted by Gasteiger charge is -2.15. The fourth-order valence-corrected chi connectivity index (χ4v) is 3.04. The molecule has 1 aromatic carbocycles. The third kappa shape index (κ3) is 5.40. The van der Waals surface area contributed by atoms with E-state index in [9.17, 15) is 18.0 Å². The number of rotatable bonds is 6. The van der Waals surface area contributed by atoms with Crippen molar-refractivity contribution >= 4 is 28.8 Å². The Kier molecular flexibility index (Phi) is 6.09. The van der Waals surface area contributed by atoms with Gasteiger partial charge in [-0.1, -0.05) is 11.6 Å². The first-order valence-electron chi connectivity index (χ1n) is 6.70.